The molecule has 1 atom stereocenters. The highest BCUT2D eigenvalue weighted by Gasteiger charge is 2.11. The van der Waals surface area contributed by atoms with Gasteiger partial charge in [-0.05, 0) is 13.8 Å². The fourth-order valence-electron chi connectivity index (χ4n) is 0.895. The van der Waals surface area contributed by atoms with Gasteiger partial charge in [0.1, 0.15) is 6.04 Å². The summed E-state index contributed by atoms with van der Waals surface area (Å²) in [5, 5.41) is 11.3. The Morgan fingerprint density at radius 3 is 3.07 bits per heavy atom. The minimum Gasteiger partial charge on any atom is -0.480 e. The number of ether oxygens (including phenoxy) is 1. The van der Waals surface area contributed by atoms with Crippen molar-refractivity contribution in [3.63, 3.8) is 0 Å². The van der Waals surface area contributed by atoms with E-state index in [0.29, 0.717) is 12.5 Å². The van der Waals surface area contributed by atoms with Crippen LogP contribution in [-0.2, 0) is 4.79 Å². The van der Waals surface area contributed by atoms with E-state index in [1.54, 1.807) is 6.07 Å². The van der Waals surface area contributed by atoms with Gasteiger partial charge in [-0.2, -0.15) is 4.98 Å². The predicted octanol–water partition coefficient (Wildman–Crippen LogP) is 0.760. The molecule has 6 nitrogen and oxygen atoms in total. The first-order valence-corrected chi connectivity index (χ1v) is 4.58. The average Bonchev–Trinajstić information content (AvgIpc) is 2.18. The van der Waals surface area contributed by atoms with Gasteiger partial charge in [0.15, 0.2) is 0 Å². The lowest BCUT2D eigenvalue weighted by Crippen LogP contribution is -2.26. The predicted molar refractivity (Wildman–Crippen MR) is 53.9 cm³/mol. The molecular formula is C9H13N3O3. The van der Waals surface area contributed by atoms with Gasteiger partial charge in [-0.15, -0.1) is 0 Å². The lowest BCUT2D eigenvalue weighted by molar-refractivity contribution is -0.137. The van der Waals surface area contributed by atoms with Crippen molar-refractivity contribution in [3.05, 3.63) is 12.3 Å². The van der Waals surface area contributed by atoms with Crippen LogP contribution in [0.25, 0.3) is 0 Å². The third-order valence-electron chi connectivity index (χ3n) is 1.64. The van der Waals surface area contributed by atoms with E-state index >= 15 is 0 Å². The number of aliphatic carboxylic acids is 1. The highest BCUT2D eigenvalue weighted by Crippen LogP contribution is 2.08. The number of rotatable bonds is 5. The van der Waals surface area contributed by atoms with Gasteiger partial charge in [0.25, 0.3) is 0 Å². The summed E-state index contributed by atoms with van der Waals surface area (Å²) in [5.74, 6) is -0.288. The molecule has 0 aliphatic heterocycles. The average molecular weight is 211 g/mol. The number of hydrogen-bond acceptors (Lipinski definition) is 5. The Morgan fingerprint density at radius 2 is 2.47 bits per heavy atom. The molecule has 0 fully saturated rings. The van der Waals surface area contributed by atoms with Gasteiger partial charge >= 0.3 is 5.97 Å². The largest absolute Gasteiger partial charge is 0.480 e. The number of nitrogens with zero attached hydrogens (tertiary/aromatic N) is 2. The van der Waals surface area contributed by atoms with Gasteiger partial charge in [0, 0.05) is 12.3 Å². The van der Waals surface area contributed by atoms with E-state index in [0.717, 1.165) is 0 Å². The molecule has 2 N–H and O–H groups in total. The van der Waals surface area contributed by atoms with Crippen molar-refractivity contribution in [3.8, 4) is 5.88 Å². The second kappa shape index (κ2) is 5.14. The zero-order chi connectivity index (χ0) is 11.3. The van der Waals surface area contributed by atoms with Gasteiger partial charge in [0.05, 0.1) is 6.61 Å². The highest BCUT2D eigenvalue weighted by atomic mass is 16.5. The van der Waals surface area contributed by atoms with Crippen molar-refractivity contribution < 1.29 is 14.6 Å². The molecule has 0 saturated carbocycles. The van der Waals surface area contributed by atoms with E-state index in [1.165, 1.54) is 13.1 Å². The number of carbonyl (C=O) groups is 1. The summed E-state index contributed by atoms with van der Waals surface area (Å²) < 4.78 is 5.15. The first kappa shape index (κ1) is 11.2. The maximum absolute atomic E-state index is 10.6. The Bertz CT molecular complexity index is 343. The maximum atomic E-state index is 10.6. The van der Waals surface area contributed by atoms with Crippen molar-refractivity contribution in [1.82, 2.24) is 9.97 Å². The highest BCUT2D eigenvalue weighted by molar-refractivity contribution is 5.75. The van der Waals surface area contributed by atoms with Gasteiger partial charge in [-0.3, -0.25) is 4.79 Å². The summed E-state index contributed by atoms with van der Waals surface area (Å²) in [5.41, 5.74) is 0. The molecule has 0 bridgehead atoms. The van der Waals surface area contributed by atoms with Crippen LogP contribution in [0.5, 0.6) is 5.88 Å². The minimum absolute atomic E-state index is 0.246. The van der Waals surface area contributed by atoms with E-state index in [-0.39, 0.29) is 5.95 Å². The quantitative estimate of drug-likeness (QED) is 0.748. The molecule has 6 heteroatoms. The van der Waals surface area contributed by atoms with Gasteiger partial charge < -0.3 is 15.2 Å². The fourth-order valence-corrected chi connectivity index (χ4v) is 0.895. The second-order valence-corrected chi connectivity index (χ2v) is 2.86. The fraction of sp³-hybridized carbons (Fsp3) is 0.444. The Balaban J connectivity index is 2.68. The summed E-state index contributed by atoms with van der Waals surface area (Å²) in [6.45, 7) is 3.86. The summed E-state index contributed by atoms with van der Waals surface area (Å²) in [6.07, 6.45) is 1.51. The Kier molecular flexibility index (Phi) is 3.84. The minimum atomic E-state index is -0.958. The number of aromatic nitrogens is 2. The molecule has 1 aromatic heterocycles. The normalized spacial score (nSPS) is 11.9. The molecule has 0 aromatic carbocycles. The molecule has 1 unspecified atom stereocenters. The van der Waals surface area contributed by atoms with Crippen LogP contribution in [0.2, 0.25) is 0 Å². The molecule has 82 valence electrons. The molecule has 0 saturated heterocycles. The standard InChI is InChI=1S/C9H13N3O3/c1-3-15-7-4-5-10-9(12-7)11-6(2)8(13)14/h4-6H,3H2,1-2H3,(H,13,14)(H,10,11,12). The van der Waals surface area contributed by atoms with Crippen molar-refractivity contribution in [2.75, 3.05) is 11.9 Å². The topological polar surface area (TPSA) is 84.3 Å². The first-order valence-electron chi connectivity index (χ1n) is 4.58. The van der Waals surface area contributed by atoms with Crippen LogP contribution in [0.15, 0.2) is 12.3 Å². The van der Waals surface area contributed by atoms with Crippen LogP contribution in [0.4, 0.5) is 5.95 Å². The van der Waals surface area contributed by atoms with Crippen molar-refractivity contribution >= 4 is 11.9 Å². The maximum Gasteiger partial charge on any atom is 0.325 e. The lowest BCUT2D eigenvalue weighted by Gasteiger charge is -2.09. The lowest BCUT2D eigenvalue weighted by atomic mass is 10.3. The van der Waals surface area contributed by atoms with E-state index in [4.69, 9.17) is 9.84 Å². The number of carboxylic acid groups (broad SMARTS) is 1. The monoisotopic (exact) mass is 211 g/mol. The molecule has 1 aromatic rings. The molecule has 0 amide bonds. The molecule has 0 spiro atoms. The number of carboxylic acids is 1. The van der Waals surface area contributed by atoms with Crippen molar-refractivity contribution in [2.24, 2.45) is 0 Å². The Labute approximate surface area is 87.3 Å². The Hall–Kier alpha value is -1.85. The summed E-state index contributed by atoms with van der Waals surface area (Å²) in [4.78, 5) is 18.4. The number of anilines is 1. The van der Waals surface area contributed by atoms with Crippen LogP contribution in [-0.4, -0.2) is 33.7 Å². The van der Waals surface area contributed by atoms with E-state index < -0.39 is 12.0 Å². The van der Waals surface area contributed by atoms with Crippen molar-refractivity contribution in [2.45, 2.75) is 19.9 Å². The summed E-state index contributed by atoms with van der Waals surface area (Å²) in [7, 11) is 0. The zero-order valence-corrected chi connectivity index (χ0v) is 8.60. The van der Waals surface area contributed by atoms with Crippen LogP contribution in [0.3, 0.4) is 0 Å². The molecule has 15 heavy (non-hydrogen) atoms. The second-order valence-electron chi connectivity index (χ2n) is 2.86. The molecular weight excluding hydrogens is 198 g/mol. The molecule has 1 rings (SSSR count). The number of hydrogen-bond donors (Lipinski definition) is 2. The first-order chi connectivity index (χ1) is 7.13. The smallest absolute Gasteiger partial charge is 0.325 e. The third kappa shape index (κ3) is 3.41. The molecule has 0 aliphatic carbocycles. The SMILES string of the molecule is CCOc1ccnc(NC(C)C(=O)O)n1. The van der Waals surface area contributed by atoms with Gasteiger partial charge in [-0.1, -0.05) is 0 Å². The van der Waals surface area contributed by atoms with E-state index in [1.807, 2.05) is 6.92 Å². The summed E-state index contributed by atoms with van der Waals surface area (Å²) in [6, 6.07) is 0.877. The van der Waals surface area contributed by atoms with Gasteiger partial charge in [0.2, 0.25) is 11.8 Å². The van der Waals surface area contributed by atoms with Crippen LogP contribution < -0.4 is 10.1 Å². The van der Waals surface area contributed by atoms with Crippen molar-refractivity contribution in [1.29, 1.82) is 0 Å². The summed E-state index contributed by atoms with van der Waals surface area (Å²) >= 11 is 0. The van der Waals surface area contributed by atoms with E-state index in [2.05, 4.69) is 15.3 Å². The number of nitrogens with one attached hydrogen (secondary N) is 1. The third-order valence-corrected chi connectivity index (χ3v) is 1.64. The molecule has 1 heterocycles. The van der Waals surface area contributed by atoms with Crippen LogP contribution >= 0.6 is 0 Å². The zero-order valence-electron chi connectivity index (χ0n) is 8.60. The van der Waals surface area contributed by atoms with Crippen LogP contribution in [0.1, 0.15) is 13.8 Å². The molecule has 0 radical (unpaired) electrons. The Morgan fingerprint density at radius 1 is 1.73 bits per heavy atom. The van der Waals surface area contributed by atoms with E-state index in [9.17, 15) is 4.79 Å². The van der Waals surface area contributed by atoms with Gasteiger partial charge in [-0.25, -0.2) is 4.98 Å². The van der Waals surface area contributed by atoms with Crippen LogP contribution in [0, 0.1) is 0 Å². The molecule has 0 aliphatic rings.